The molecule has 1 N–H and O–H groups in total. The lowest BCUT2D eigenvalue weighted by atomic mass is 10.0. The topological polar surface area (TPSA) is 71.3 Å². The molecule has 34 heavy (non-hydrogen) atoms. The van der Waals surface area contributed by atoms with Gasteiger partial charge in [0, 0.05) is 50.3 Å². The minimum absolute atomic E-state index is 0.0118. The number of pyridine rings is 1. The normalized spacial score (nSPS) is 20.8. The smallest absolute Gasteiger partial charge is 0.410 e. The Balaban J connectivity index is 1.30. The summed E-state index contributed by atoms with van der Waals surface area (Å²) >= 11 is 6.43. The van der Waals surface area contributed by atoms with E-state index in [4.69, 9.17) is 21.1 Å². The largest absolute Gasteiger partial charge is 0.444 e. The number of anilines is 1. The lowest BCUT2D eigenvalue weighted by Crippen LogP contribution is -2.52. The van der Waals surface area contributed by atoms with Crippen molar-refractivity contribution in [1.82, 2.24) is 19.2 Å². The number of nitrogens with one attached hydrogen (secondary N) is 1. The molecule has 0 unspecified atom stereocenters. The number of hydrogen-bond donors (Lipinski definition) is 1. The van der Waals surface area contributed by atoms with Gasteiger partial charge in [-0.05, 0) is 45.6 Å². The molecule has 0 spiro atoms. The van der Waals surface area contributed by atoms with Crippen LogP contribution in [0.25, 0.3) is 5.65 Å². The van der Waals surface area contributed by atoms with Gasteiger partial charge in [0.2, 0.25) is 0 Å². The predicted octanol–water partition coefficient (Wildman–Crippen LogP) is 4.62. The number of likely N-dealkylation sites (tertiary alicyclic amines) is 1. The molecule has 8 nitrogen and oxygen atoms in total. The minimum Gasteiger partial charge on any atom is -0.444 e. The molecule has 2 aliphatic heterocycles. The van der Waals surface area contributed by atoms with E-state index in [1.165, 1.54) is 0 Å². The van der Waals surface area contributed by atoms with Crippen LogP contribution in [-0.2, 0) is 9.47 Å². The first kappa shape index (κ1) is 25.1. The van der Waals surface area contributed by atoms with Crippen LogP contribution in [-0.4, -0.2) is 82.4 Å². The third-order valence-corrected chi connectivity index (χ3v) is 6.60. The maximum Gasteiger partial charge on any atom is 0.410 e. The van der Waals surface area contributed by atoms with Crippen LogP contribution in [0.2, 0.25) is 5.02 Å². The van der Waals surface area contributed by atoms with Gasteiger partial charge < -0.3 is 29.0 Å². The molecule has 2 aliphatic rings. The zero-order valence-corrected chi connectivity index (χ0v) is 21.8. The van der Waals surface area contributed by atoms with Gasteiger partial charge >= 0.3 is 6.09 Å². The van der Waals surface area contributed by atoms with Crippen molar-refractivity contribution in [1.29, 1.82) is 0 Å². The summed E-state index contributed by atoms with van der Waals surface area (Å²) in [6, 6.07) is 2.34. The monoisotopic (exact) mass is 491 g/mol. The second-order valence-electron chi connectivity index (χ2n) is 10.7. The molecule has 0 aliphatic carbocycles. The van der Waals surface area contributed by atoms with Gasteiger partial charge in [0.1, 0.15) is 5.60 Å². The van der Waals surface area contributed by atoms with E-state index in [2.05, 4.69) is 33.4 Å². The van der Waals surface area contributed by atoms with Crippen molar-refractivity contribution < 1.29 is 14.3 Å². The summed E-state index contributed by atoms with van der Waals surface area (Å²) in [5.41, 5.74) is 2.58. The molecular weight excluding hydrogens is 454 g/mol. The molecule has 188 valence electrons. The maximum absolute atomic E-state index is 12.4. The van der Waals surface area contributed by atoms with E-state index in [0.29, 0.717) is 36.7 Å². The van der Waals surface area contributed by atoms with Crippen LogP contribution in [0.1, 0.15) is 59.1 Å². The predicted molar refractivity (Wildman–Crippen MR) is 135 cm³/mol. The van der Waals surface area contributed by atoms with Crippen LogP contribution in [0, 0.1) is 0 Å². The first-order chi connectivity index (χ1) is 16.1. The average Bonchev–Trinajstić information content (AvgIpc) is 3.18. The summed E-state index contributed by atoms with van der Waals surface area (Å²) in [5, 5.41) is 4.39. The molecule has 9 heteroatoms. The number of aromatic nitrogens is 2. The molecule has 4 rings (SSSR count). The van der Waals surface area contributed by atoms with Crippen LogP contribution in [0.15, 0.2) is 18.5 Å². The van der Waals surface area contributed by atoms with Crippen LogP contribution in [0.3, 0.4) is 0 Å². The Morgan fingerprint density at radius 2 is 2.03 bits per heavy atom. The molecule has 0 saturated carbocycles. The van der Waals surface area contributed by atoms with E-state index in [1.807, 2.05) is 39.2 Å². The van der Waals surface area contributed by atoms with Crippen molar-refractivity contribution in [3.8, 4) is 0 Å². The summed E-state index contributed by atoms with van der Waals surface area (Å²) in [6.07, 6.45) is 5.69. The highest BCUT2D eigenvalue weighted by Gasteiger charge is 2.30. The highest BCUT2D eigenvalue weighted by molar-refractivity contribution is 6.30. The summed E-state index contributed by atoms with van der Waals surface area (Å²) in [7, 11) is 0. The number of halogens is 1. The molecule has 0 radical (unpaired) electrons. The molecule has 2 aromatic heterocycles. The molecule has 0 aromatic carbocycles. The molecular formula is C25H38ClN5O3. The van der Waals surface area contributed by atoms with Crippen molar-refractivity contribution in [2.24, 2.45) is 0 Å². The van der Waals surface area contributed by atoms with Crippen molar-refractivity contribution in [3.05, 3.63) is 29.2 Å². The van der Waals surface area contributed by atoms with Gasteiger partial charge in [0.15, 0.2) is 5.65 Å². The first-order valence-corrected chi connectivity index (χ1v) is 12.7. The van der Waals surface area contributed by atoms with Crippen LogP contribution >= 0.6 is 11.6 Å². The van der Waals surface area contributed by atoms with Gasteiger partial charge in [0.05, 0.1) is 30.0 Å². The quantitative estimate of drug-likeness (QED) is 0.657. The van der Waals surface area contributed by atoms with Gasteiger partial charge in [-0.2, -0.15) is 0 Å². The van der Waals surface area contributed by atoms with Gasteiger partial charge in [-0.25, -0.2) is 9.78 Å². The number of rotatable bonds is 5. The number of hydrogen-bond acceptors (Lipinski definition) is 6. The highest BCUT2D eigenvalue weighted by atomic mass is 35.5. The minimum atomic E-state index is -0.485. The number of carbonyl (C=O) groups is 1. The summed E-state index contributed by atoms with van der Waals surface area (Å²) < 4.78 is 13.6. The number of morpholine rings is 1. The Morgan fingerprint density at radius 3 is 2.71 bits per heavy atom. The standard InChI is InChI=1S/C25H38ClN5O3/c1-17(2)22-13-27-23-21(12-18(26)14-31(22)23)28-19-6-8-29(9-7-19)15-20-16-30(10-11-33-20)24(32)34-25(3,4)5/h12-14,17,19-20,28H,6-11,15-16H2,1-5H3/t20-/m1/s1. The molecule has 2 aromatic rings. The number of carbonyl (C=O) groups excluding carboxylic acids is 1. The van der Waals surface area contributed by atoms with Crippen molar-refractivity contribution >= 4 is 29.0 Å². The zero-order valence-electron chi connectivity index (χ0n) is 21.0. The Hall–Kier alpha value is -2.03. The molecule has 4 heterocycles. The zero-order chi connectivity index (χ0) is 24.5. The van der Waals surface area contributed by atoms with Crippen LogP contribution in [0.4, 0.5) is 10.5 Å². The number of ether oxygens (including phenoxy) is 2. The molecule has 2 saturated heterocycles. The van der Waals surface area contributed by atoms with Crippen molar-refractivity contribution in [2.45, 2.75) is 71.1 Å². The van der Waals surface area contributed by atoms with Gasteiger partial charge in [-0.3, -0.25) is 0 Å². The molecule has 1 atom stereocenters. The van der Waals surface area contributed by atoms with Crippen molar-refractivity contribution in [2.75, 3.05) is 44.6 Å². The van der Waals surface area contributed by atoms with Crippen LogP contribution < -0.4 is 5.32 Å². The van der Waals surface area contributed by atoms with E-state index < -0.39 is 5.60 Å². The Kier molecular flexibility index (Phi) is 7.60. The Morgan fingerprint density at radius 1 is 1.29 bits per heavy atom. The lowest BCUT2D eigenvalue weighted by Gasteiger charge is -2.38. The van der Waals surface area contributed by atoms with Gasteiger partial charge in [0.25, 0.3) is 0 Å². The van der Waals surface area contributed by atoms with E-state index in [0.717, 1.165) is 49.5 Å². The third-order valence-electron chi connectivity index (χ3n) is 6.39. The summed E-state index contributed by atoms with van der Waals surface area (Å²) in [6.45, 7) is 14.5. The average molecular weight is 492 g/mol. The van der Waals surface area contributed by atoms with E-state index >= 15 is 0 Å². The number of nitrogens with zero attached hydrogens (tertiary/aromatic N) is 4. The summed E-state index contributed by atoms with van der Waals surface area (Å²) in [4.78, 5) is 21.3. The van der Waals surface area contributed by atoms with E-state index in [-0.39, 0.29) is 12.2 Å². The fraction of sp³-hybridized carbons (Fsp3) is 0.680. The number of amides is 1. The number of fused-ring (bicyclic) bond motifs is 1. The fourth-order valence-electron chi connectivity index (χ4n) is 4.70. The Labute approximate surface area is 207 Å². The van der Waals surface area contributed by atoms with E-state index in [9.17, 15) is 4.79 Å². The number of imidazole rings is 1. The van der Waals surface area contributed by atoms with Crippen molar-refractivity contribution in [3.63, 3.8) is 0 Å². The third kappa shape index (κ3) is 6.15. The summed E-state index contributed by atoms with van der Waals surface area (Å²) in [5.74, 6) is 0.373. The molecule has 1 amide bonds. The second-order valence-corrected chi connectivity index (χ2v) is 11.2. The SMILES string of the molecule is CC(C)c1cnc2c(NC3CCN(C[C@@H]4CN(C(=O)OC(C)(C)C)CCO4)CC3)cc(Cl)cn12. The second kappa shape index (κ2) is 10.3. The molecule has 2 fully saturated rings. The van der Waals surface area contributed by atoms with E-state index in [1.54, 1.807) is 4.90 Å². The van der Waals surface area contributed by atoms with Gasteiger partial charge in [-0.15, -0.1) is 0 Å². The first-order valence-electron chi connectivity index (χ1n) is 12.3. The highest BCUT2D eigenvalue weighted by Crippen LogP contribution is 2.27. The number of piperidine rings is 1. The van der Waals surface area contributed by atoms with Crippen LogP contribution in [0.5, 0.6) is 0 Å². The maximum atomic E-state index is 12.4. The molecule has 0 bridgehead atoms. The lowest BCUT2D eigenvalue weighted by molar-refractivity contribution is -0.0538. The van der Waals surface area contributed by atoms with Gasteiger partial charge in [-0.1, -0.05) is 25.4 Å². The fourth-order valence-corrected chi connectivity index (χ4v) is 4.90. The Bertz CT molecular complexity index is 994.